The monoisotopic (exact) mass is 419 g/mol. The number of aryl methyl sites for hydroxylation is 2. The smallest absolute Gasteiger partial charge is 0.319 e. The van der Waals surface area contributed by atoms with Crippen molar-refractivity contribution in [2.24, 2.45) is 0 Å². The number of ketones is 1. The van der Waals surface area contributed by atoms with Crippen molar-refractivity contribution >= 4 is 29.1 Å². The van der Waals surface area contributed by atoms with Gasteiger partial charge in [-0.1, -0.05) is 17.7 Å². The number of rotatable bonds is 8. The van der Waals surface area contributed by atoms with Gasteiger partial charge in [0.05, 0.1) is 12.8 Å². The lowest BCUT2D eigenvalue weighted by Gasteiger charge is -2.09. The second-order valence-electron chi connectivity index (χ2n) is 7.25. The third-order valence-electron chi connectivity index (χ3n) is 4.70. The molecule has 0 aliphatic rings. The van der Waals surface area contributed by atoms with Gasteiger partial charge >= 0.3 is 6.03 Å². The average molecular weight is 419 g/mol. The molecule has 1 heterocycles. The lowest BCUT2D eigenvalue weighted by molar-refractivity contribution is -0.116. The summed E-state index contributed by atoms with van der Waals surface area (Å²) >= 11 is 0. The van der Waals surface area contributed by atoms with Gasteiger partial charge in [-0.05, 0) is 61.9 Å². The van der Waals surface area contributed by atoms with Gasteiger partial charge in [0, 0.05) is 29.8 Å². The number of urea groups is 1. The van der Waals surface area contributed by atoms with Crippen LogP contribution in [0.2, 0.25) is 0 Å². The number of benzene rings is 2. The number of anilines is 2. The Morgan fingerprint density at radius 1 is 0.871 bits per heavy atom. The fourth-order valence-corrected chi connectivity index (χ4v) is 3.01. The molecule has 3 aromatic rings. The van der Waals surface area contributed by atoms with Crippen LogP contribution in [0.3, 0.4) is 0 Å². The quantitative estimate of drug-likeness (QED) is 0.456. The minimum atomic E-state index is -0.363. The Balaban J connectivity index is 1.44. The Kier molecular flexibility index (Phi) is 7.22. The molecule has 0 atom stereocenters. The third kappa shape index (κ3) is 6.57. The van der Waals surface area contributed by atoms with Crippen molar-refractivity contribution in [1.29, 1.82) is 0 Å². The molecular weight excluding hydrogens is 394 g/mol. The lowest BCUT2D eigenvalue weighted by Crippen LogP contribution is -2.27. The zero-order valence-electron chi connectivity index (χ0n) is 17.5. The minimum absolute atomic E-state index is 0.0449. The average Bonchev–Trinajstić information content (AvgIpc) is 3.27. The predicted octanol–water partition coefficient (Wildman–Crippen LogP) is 4.82. The van der Waals surface area contributed by atoms with E-state index in [-0.39, 0.29) is 37.1 Å². The normalized spacial score (nSPS) is 10.4. The molecular formula is C24H25N3O4. The summed E-state index contributed by atoms with van der Waals surface area (Å²) in [6.45, 7) is 4.11. The van der Waals surface area contributed by atoms with E-state index in [2.05, 4.69) is 16.0 Å². The molecule has 7 heteroatoms. The van der Waals surface area contributed by atoms with Gasteiger partial charge in [-0.25, -0.2) is 4.79 Å². The molecule has 3 rings (SSSR count). The van der Waals surface area contributed by atoms with E-state index in [0.717, 1.165) is 11.1 Å². The van der Waals surface area contributed by atoms with Gasteiger partial charge in [-0.2, -0.15) is 0 Å². The number of amides is 3. The van der Waals surface area contributed by atoms with Crippen molar-refractivity contribution < 1.29 is 18.8 Å². The summed E-state index contributed by atoms with van der Waals surface area (Å²) in [5, 5.41) is 8.15. The Hall–Kier alpha value is -3.87. The van der Waals surface area contributed by atoms with E-state index in [1.54, 1.807) is 42.7 Å². The van der Waals surface area contributed by atoms with Crippen LogP contribution in [0.4, 0.5) is 16.2 Å². The molecule has 160 valence electrons. The predicted molar refractivity (Wildman–Crippen MR) is 119 cm³/mol. The van der Waals surface area contributed by atoms with E-state index in [9.17, 15) is 14.4 Å². The molecule has 0 unspecified atom stereocenters. The number of carbonyl (C=O) groups is 3. The number of hydrogen-bond acceptors (Lipinski definition) is 4. The molecule has 0 spiro atoms. The maximum Gasteiger partial charge on any atom is 0.319 e. The van der Waals surface area contributed by atoms with Crippen molar-refractivity contribution in [1.82, 2.24) is 5.32 Å². The molecule has 0 bridgehead atoms. The van der Waals surface area contributed by atoms with Gasteiger partial charge in [0.2, 0.25) is 5.91 Å². The van der Waals surface area contributed by atoms with Gasteiger partial charge < -0.3 is 20.4 Å². The molecule has 0 radical (unpaired) electrons. The topological polar surface area (TPSA) is 100 Å². The summed E-state index contributed by atoms with van der Waals surface area (Å²) in [7, 11) is 0. The first-order chi connectivity index (χ1) is 14.9. The first-order valence-corrected chi connectivity index (χ1v) is 9.98. The standard InChI is InChI=1S/C24H25N3O4/c1-16-5-6-17(2)21(14-16)22(28)11-12-23(29)26-18-7-9-19(10-8-18)27-24(30)25-15-20-4-3-13-31-20/h3-10,13-14H,11-12,15H2,1-2H3,(H,26,29)(H2,25,27,30). The number of furan rings is 1. The molecule has 0 saturated heterocycles. The first kappa shape index (κ1) is 21.8. The maximum atomic E-state index is 12.4. The molecule has 2 aromatic carbocycles. The van der Waals surface area contributed by atoms with Crippen LogP contribution in [0.5, 0.6) is 0 Å². The van der Waals surface area contributed by atoms with Crippen LogP contribution in [0.25, 0.3) is 0 Å². The van der Waals surface area contributed by atoms with Crippen LogP contribution in [-0.4, -0.2) is 17.7 Å². The lowest BCUT2D eigenvalue weighted by atomic mass is 9.99. The first-order valence-electron chi connectivity index (χ1n) is 9.98. The summed E-state index contributed by atoms with van der Waals surface area (Å²) in [6.07, 6.45) is 1.79. The van der Waals surface area contributed by atoms with Crippen molar-refractivity contribution in [2.45, 2.75) is 33.2 Å². The van der Waals surface area contributed by atoms with Gasteiger partial charge in [-0.15, -0.1) is 0 Å². The zero-order chi connectivity index (χ0) is 22.2. The van der Waals surface area contributed by atoms with Gasteiger partial charge in [0.1, 0.15) is 5.76 Å². The van der Waals surface area contributed by atoms with Gasteiger partial charge in [0.25, 0.3) is 0 Å². The highest BCUT2D eigenvalue weighted by molar-refractivity contribution is 6.01. The maximum absolute atomic E-state index is 12.4. The van der Waals surface area contributed by atoms with Crippen molar-refractivity contribution in [3.05, 3.63) is 83.3 Å². The molecule has 3 N–H and O–H groups in total. The second kappa shape index (κ2) is 10.2. The summed E-state index contributed by atoms with van der Waals surface area (Å²) in [5.74, 6) is 0.372. The number of carbonyl (C=O) groups excluding carboxylic acids is 3. The van der Waals surface area contributed by atoms with Crippen LogP contribution >= 0.6 is 0 Å². The van der Waals surface area contributed by atoms with Crippen LogP contribution < -0.4 is 16.0 Å². The van der Waals surface area contributed by atoms with Crippen LogP contribution in [0.1, 0.15) is 40.1 Å². The van der Waals surface area contributed by atoms with Crippen molar-refractivity contribution in [2.75, 3.05) is 10.6 Å². The molecule has 3 amide bonds. The highest BCUT2D eigenvalue weighted by atomic mass is 16.3. The number of hydrogen-bond donors (Lipinski definition) is 3. The largest absolute Gasteiger partial charge is 0.467 e. The van der Waals surface area contributed by atoms with E-state index >= 15 is 0 Å². The summed E-state index contributed by atoms with van der Waals surface area (Å²) in [4.78, 5) is 36.5. The fraction of sp³-hybridized carbons (Fsp3) is 0.208. The Morgan fingerprint density at radius 3 is 2.26 bits per heavy atom. The fourth-order valence-electron chi connectivity index (χ4n) is 3.01. The Labute approximate surface area is 180 Å². The highest BCUT2D eigenvalue weighted by Gasteiger charge is 2.12. The summed E-state index contributed by atoms with van der Waals surface area (Å²) in [6, 6.07) is 15.6. The second-order valence-corrected chi connectivity index (χ2v) is 7.25. The molecule has 7 nitrogen and oxygen atoms in total. The highest BCUT2D eigenvalue weighted by Crippen LogP contribution is 2.16. The van der Waals surface area contributed by atoms with E-state index in [0.29, 0.717) is 22.7 Å². The van der Waals surface area contributed by atoms with E-state index < -0.39 is 0 Å². The SMILES string of the molecule is Cc1ccc(C)c(C(=O)CCC(=O)Nc2ccc(NC(=O)NCc3ccco3)cc2)c1. The Morgan fingerprint density at radius 2 is 1.58 bits per heavy atom. The third-order valence-corrected chi connectivity index (χ3v) is 4.70. The van der Waals surface area contributed by atoms with Crippen molar-refractivity contribution in [3.63, 3.8) is 0 Å². The molecule has 1 aromatic heterocycles. The van der Waals surface area contributed by atoms with Gasteiger partial charge in [-0.3, -0.25) is 9.59 Å². The van der Waals surface area contributed by atoms with E-state index in [4.69, 9.17) is 4.42 Å². The number of nitrogens with one attached hydrogen (secondary N) is 3. The number of Topliss-reactive ketones (excluding diaryl/α,β-unsaturated/α-hetero) is 1. The van der Waals surface area contributed by atoms with Crippen molar-refractivity contribution in [3.8, 4) is 0 Å². The Bertz CT molecular complexity index is 1060. The van der Waals surface area contributed by atoms with E-state index in [1.807, 2.05) is 32.0 Å². The molecule has 0 fully saturated rings. The zero-order valence-corrected chi connectivity index (χ0v) is 17.5. The van der Waals surface area contributed by atoms with E-state index in [1.165, 1.54) is 0 Å². The van der Waals surface area contributed by atoms with Crippen LogP contribution in [0, 0.1) is 13.8 Å². The minimum Gasteiger partial charge on any atom is -0.467 e. The molecule has 31 heavy (non-hydrogen) atoms. The van der Waals surface area contributed by atoms with Crippen LogP contribution in [-0.2, 0) is 11.3 Å². The summed E-state index contributed by atoms with van der Waals surface area (Å²) in [5.41, 5.74) is 3.76. The van der Waals surface area contributed by atoms with Gasteiger partial charge in [0.15, 0.2) is 5.78 Å². The van der Waals surface area contributed by atoms with Crippen LogP contribution in [0.15, 0.2) is 65.3 Å². The molecule has 0 aliphatic heterocycles. The molecule has 0 aliphatic carbocycles. The summed E-state index contributed by atoms with van der Waals surface area (Å²) < 4.78 is 5.15. The molecule has 0 saturated carbocycles.